The van der Waals surface area contributed by atoms with E-state index in [1.165, 1.54) is 4.90 Å². The topological polar surface area (TPSA) is 70.5 Å². The van der Waals surface area contributed by atoms with Crippen molar-refractivity contribution < 1.29 is 14.7 Å². The van der Waals surface area contributed by atoms with Crippen molar-refractivity contribution in [2.75, 3.05) is 4.90 Å². The molecule has 1 N–H and O–H groups in total. The van der Waals surface area contributed by atoms with Crippen LogP contribution in [0, 0.1) is 20.8 Å². The smallest absolute Gasteiger partial charge is 0.300 e. The molecule has 0 spiro atoms. The fraction of sp³-hybridized carbons (Fsp3) is 0.160. The Bertz CT molecular complexity index is 1160. The molecule has 2 heterocycles. The Kier molecular flexibility index (Phi) is 4.96. The van der Waals surface area contributed by atoms with Gasteiger partial charge in [-0.2, -0.15) is 0 Å². The number of Topliss-reactive ketones (excluding diaryl/α,β-unsaturated/α-hetero) is 1. The van der Waals surface area contributed by atoms with Crippen molar-refractivity contribution in [2.45, 2.75) is 26.8 Å². The van der Waals surface area contributed by atoms with E-state index in [2.05, 4.69) is 4.98 Å². The number of aliphatic hydroxyl groups is 1. The van der Waals surface area contributed by atoms with E-state index in [1.54, 1.807) is 36.5 Å². The molecule has 5 nitrogen and oxygen atoms in total. The second-order valence-electron chi connectivity index (χ2n) is 7.51. The van der Waals surface area contributed by atoms with Crippen molar-refractivity contribution in [3.63, 3.8) is 0 Å². The Balaban J connectivity index is 1.97. The van der Waals surface area contributed by atoms with Gasteiger partial charge in [0.1, 0.15) is 11.8 Å². The zero-order chi connectivity index (χ0) is 21.4. The fourth-order valence-corrected chi connectivity index (χ4v) is 3.76. The van der Waals surface area contributed by atoms with Crippen molar-refractivity contribution >= 4 is 23.1 Å². The van der Waals surface area contributed by atoms with Gasteiger partial charge in [-0.3, -0.25) is 19.5 Å². The van der Waals surface area contributed by atoms with Crippen molar-refractivity contribution in [2.24, 2.45) is 0 Å². The maximum absolute atomic E-state index is 13.2. The standard InChI is InChI=1S/C25H22N2O3/c1-15-10-12-18(13-11-15)23(28)21-22(19-8-4-5-14-26-19)27(25(30)24(21)29)20-9-6-7-16(2)17(20)3/h4-14,22,28H,1-3H3/b23-21+. The molecule has 150 valence electrons. The van der Waals surface area contributed by atoms with Crippen LogP contribution in [-0.2, 0) is 9.59 Å². The number of hydrogen-bond acceptors (Lipinski definition) is 4. The van der Waals surface area contributed by atoms with E-state index in [-0.39, 0.29) is 11.3 Å². The number of carbonyl (C=O) groups is 2. The summed E-state index contributed by atoms with van der Waals surface area (Å²) in [6.45, 7) is 5.81. The van der Waals surface area contributed by atoms with E-state index in [4.69, 9.17) is 0 Å². The van der Waals surface area contributed by atoms with Gasteiger partial charge in [0, 0.05) is 17.4 Å². The molecule has 4 rings (SSSR count). The van der Waals surface area contributed by atoms with E-state index in [1.807, 2.05) is 51.1 Å². The lowest BCUT2D eigenvalue weighted by molar-refractivity contribution is -0.132. The van der Waals surface area contributed by atoms with E-state index >= 15 is 0 Å². The van der Waals surface area contributed by atoms with Crippen LogP contribution in [0.5, 0.6) is 0 Å². The number of aryl methyl sites for hydroxylation is 2. The first-order chi connectivity index (χ1) is 14.4. The highest BCUT2D eigenvalue weighted by atomic mass is 16.3. The van der Waals surface area contributed by atoms with Crippen LogP contribution < -0.4 is 4.90 Å². The summed E-state index contributed by atoms with van der Waals surface area (Å²) >= 11 is 0. The second-order valence-corrected chi connectivity index (χ2v) is 7.51. The zero-order valence-electron chi connectivity index (χ0n) is 17.1. The average molecular weight is 398 g/mol. The van der Waals surface area contributed by atoms with Crippen LogP contribution in [0.1, 0.15) is 34.0 Å². The van der Waals surface area contributed by atoms with Crippen molar-refractivity contribution in [3.8, 4) is 0 Å². The molecular formula is C25H22N2O3. The predicted molar refractivity (Wildman–Crippen MR) is 116 cm³/mol. The zero-order valence-corrected chi connectivity index (χ0v) is 17.1. The Hall–Kier alpha value is -3.73. The van der Waals surface area contributed by atoms with Crippen LogP contribution in [0.25, 0.3) is 5.76 Å². The summed E-state index contributed by atoms with van der Waals surface area (Å²) in [6.07, 6.45) is 1.62. The SMILES string of the molecule is Cc1ccc(/C(O)=C2\C(=O)C(=O)N(c3cccc(C)c3C)C2c2ccccn2)cc1. The molecule has 3 aromatic rings. The van der Waals surface area contributed by atoms with Gasteiger partial charge in [-0.05, 0) is 50.1 Å². The lowest BCUT2D eigenvalue weighted by Gasteiger charge is -2.26. The molecule has 0 aliphatic carbocycles. The number of aromatic nitrogens is 1. The summed E-state index contributed by atoms with van der Waals surface area (Å²) < 4.78 is 0. The molecule has 1 amide bonds. The third-order valence-electron chi connectivity index (χ3n) is 5.57. The molecule has 1 aliphatic heterocycles. The van der Waals surface area contributed by atoms with Gasteiger partial charge in [-0.1, -0.05) is 48.0 Å². The highest BCUT2D eigenvalue weighted by Gasteiger charge is 2.48. The Morgan fingerprint density at radius 2 is 1.67 bits per heavy atom. The van der Waals surface area contributed by atoms with Crippen LogP contribution in [0.4, 0.5) is 5.69 Å². The van der Waals surface area contributed by atoms with Gasteiger partial charge in [-0.25, -0.2) is 0 Å². The summed E-state index contributed by atoms with van der Waals surface area (Å²) in [5, 5.41) is 11.1. The largest absolute Gasteiger partial charge is 0.507 e. The summed E-state index contributed by atoms with van der Waals surface area (Å²) in [4.78, 5) is 32.1. The lowest BCUT2D eigenvalue weighted by atomic mass is 9.97. The number of pyridine rings is 1. The summed E-state index contributed by atoms with van der Waals surface area (Å²) in [7, 11) is 0. The number of ketones is 1. The number of aliphatic hydroxyl groups excluding tert-OH is 1. The molecule has 2 aromatic carbocycles. The molecular weight excluding hydrogens is 376 g/mol. The van der Waals surface area contributed by atoms with E-state index in [0.717, 1.165) is 16.7 Å². The monoisotopic (exact) mass is 398 g/mol. The maximum atomic E-state index is 13.2. The van der Waals surface area contributed by atoms with Crippen molar-refractivity contribution in [1.82, 2.24) is 4.98 Å². The summed E-state index contributed by atoms with van der Waals surface area (Å²) in [5.41, 5.74) is 4.62. The molecule has 0 saturated carbocycles. The first-order valence-corrected chi connectivity index (χ1v) is 9.75. The van der Waals surface area contributed by atoms with Crippen LogP contribution in [0.15, 0.2) is 72.4 Å². The second kappa shape index (κ2) is 7.59. The van der Waals surface area contributed by atoms with E-state index < -0.39 is 17.7 Å². The third kappa shape index (κ3) is 3.18. The molecule has 0 radical (unpaired) electrons. The number of amides is 1. The number of nitrogens with zero attached hydrogens (tertiary/aromatic N) is 2. The molecule has 1 aliphatic rings. The average Bonchev–Trinajstić information content (AvgIpc) is 3.01. The van der Waals surface area contributed by atoms with Crippen LogP contribution in [0.2, 0.25) is 0 Å². The molecule has 5 heteroatoms. The maximum Gasteiger partial charge on any atom is 0.300 e. The van der Waals surface area contributed by atoms with Gasteiger partial charge < -0.3 is 5.11 Å². The molecule has 30 heavy (non-hydrogen) atoms. The molecule has 1 aromatic heterocycles. The van der Waals surface area contributed by atoms with Gasteiger partial charge in [0.15, 0.2) is 0 Å². The Morgan fingerprint density at radius 3 is 2.33 bits per heavy atom. The quantitative estimate of drug-likeness (QED) is 0.397. The minimum Gasteiger partial charge on any atom is -0.507 e. The normalized spacial score (nSPS) is 18.1. The number of carbonyl (C=O) groups excluding carboxylic acids is 2. The molecule has 1 saturated heterocycles. The molecule has 1 fully saturated rings. The van der Waals surface area contributed by atoms with E-state index in [9.17, 15) is 14.7 Å². The van der Waals surface area contributed by atoms with Crippen LogP contribution >= 0.6 is 0 Å². The van der Waals surface area contributed by atoms with Crippen molar-refractivity contribution in [1.29, 1.82) is 0 Å². The van der Waals surface area contributed by atoms with Gasteiger partial charge in [0.05, 0.1) is 11.3 Å². The fourth-order valence-electron chi connectivity index (χ4n) is 3.76. The van der Waals surface area contributed by atoms with E-state index in [0.29, 0.717) is 16.9 Å². The number of hydrogen-bond donors (Lipinski definition) is 1. The number of rotatable bonds is 3. The first-order valence-electron chi connectivity index (χ1n) is 9.75. The summed E-state index contributed by atoms with van der Waals surface area (Å²) in [6, 6.07) is 17.3. The molecule has 1 unspecified atom stereocenters. The van der Waals surface area contributed by atoms with Gasteiger partial charge in [0.2, 0.25) is 0 Å². The first kappa shape index (κ1) is 19.6. The third-order valence-corrected chi connectivity index (χ3v) is 5.57. The Morgan fingerprint density at radius 1 is 0.933 bits per heavy atom. The minimum atomic E-state index is -0.812. The lowest BCUT2D eigenvalue weighted by Crippen LogP contribution is -2.30. The van der Waals surface area contributed by atoms with Gasteiger partial charge in [-0.15, -0.1) is 0 Å². The summed E-state index contributed by atoms with van der Waals surface area (Å²) in [5.74, 6) is -1.59. The highest BCUT2D eigenvalue weighted by Crippen LogP contribution is 2.42. The minimum absolute atomic E-state index is 0.0449. The van der Waals surface area contributed by atoms with Crippen LogP contribution in [0.3, 0.4) is 0 Å². The van der Waals surface area contributed by atoms with Gasteiger partial charge in [0.25, 0.3) is 11.7 Å². The van der Waals surface area contributed by atoms with Gasteiger partial charge >= 0.3 is 0 Å². The van der Waals surface area contributed by atoms with Crippen molar-refractivity contribution in [3.05, 3.63) is 100 Å². The predicted octanol–water partition coefficient (Wildman–Crippen LogP) is 4.63. The molecule has 0 bridgehead atoms. The number of anilines is 1. The number of benzene rings is 2. The molecule has 1 atom stereocenters. The highest BCUT2D eigenvalue weighted by molar-refractivity contribution is 6.51. The van der Waals surface area contributed by atoms with Crippen LogP contribution in [-0.4, -0.2) is 21.8 Å². The Labute approximate surface area is 175 Å².